The monoisotopic (exact) mass is 304 g/mol. The molecule has 7 nitrogen and oxygen atoms in total. The van der Waals surface area contributed by atoms with Gasteiger partial charge in [0.25, 0.3) is 0 Å². The minimum Gasteiger partial charge on any atom is -0.391 e. The number of aliphatic hydroxyl groups is 1. The molecule has 2 aliphatic rings. The summed E-state index contributed by atoms with van der Waals surface area (Å²) >= 11 is 0. The number of carbonyl (C=O) groups is 2. The van der Waals surface area contributed by atoms with E-state index >= 15 is 0 Å². The van der Waals surface area contributed by atoms with Crippen molar-refractivity contribution < 1.29 is 23.1 Å². The fourth-order valence-electron chi connectivity index (χ4n) is 3.35. The quantitative estimate of drug-likeness (QED) is 0.670. The molecule has 0 saturated carbocycles. The van der Waals surface area contributed by atoms with Crippen LogP contribution in [0.1, 0.15) is 26.7 Å². The van der Waals surface area contributed by atoms with Gasteiger partial charge in [-0.3, -0.25) is 9.59 Å². The highest BCUT2D eigenvalue weighted by Gasteiger charge is 2.62. The van der Waals surface area contributed by atoms with Crippen LogP contribution in [-0.4, -0.2) is 71.4 Å². The number of amides is 1. The number of ketones is 1. The van der Waals surface area contributed by atoms with Crippen LogP contribution in [0.15, 0.2) is 0 Å². The van der Waals surface area contributed by atoms with Gasteiger partial charge in [-0.05, 0) is 26.7 Å². The first-order valence-corrected chi connectivity index (χ1v) is 8.43. The molecule has 0 aromatic heterocycles. The molecule has 0 aromatic carbocycles. The third kappa shape index (κ3) is 2.15. The average Bonchev–Trinajstić information content (AvgIpc) is 2.73. The van der Waals surface area contributed by atoms with Gasteiger partial charge >= 0.3 is 0 Å². The highest BCUT2D eigenvalue weighted by Crippen LogP contribution is 2.41. The topological polar surface area (TPSA) is 95.0 Å². The van der Waals surface area contributed by atoms with Crippen LogP contribution < -0.4 is 0 Å². The fourth-order valence-corrected chi connectivity index (χ4v) is 4.67. The third-order valence-corrected chi connectivity index (χ3v) is 5.46. The zero-order valence-electron chi connectivity index (χ0n) is 11.9. The van der Waals surface area contributed by atoms with Crippen LogP contribution in [0.4, 0.5) is 0 Å². The van der Waals surface area contributed by atoms with Gasteiger partial charge < -0.3 is 10.0 Å². The van der Waals surface area contributed by atoms with Crippen LogP contribution in [0.2, 0.25) is 0 Å². The fraction of sp³-hybridized carbons (Fsp3) is 0.833. The molecule has 0 radical (unpaired) electrons. The van der Waals surface area contributed by atoms with Gasteiger partial charge in [-0.2, -0.15) is 4.31 Å². The molecule has 114 valence electrons. The van der Waals surface area contributed by atoms with Crippen LogP contribution in [-0.2, 0) is 19.6 Å². The Morgan fingerprint density at radius 2 is 2.05 bits per heavy atom. The molecule has 2 rings (SSSR count). The summed E-state index contributed by atoms with van der Waals surface area (Å²) in [6.07, 6.45) is 1.22. The van der Waals surface area contributed by atoms with Crippen LogP contribution >= 0.6 is 0 Å². The number of carbonyl (C=O) groups excluding carboxylic acids is 2. The Hall–Kier alpha value is -0.990. The largest absolute Gasteiger partial charge is 0.391 e. The van der Waals surface area contributed by atoms with E-state index < -0.39 is 27.7 Å². The van der Waals surface area contributed by atoms with E-state index in [0.29, 0.717) is 19.4 Å². The Morgan fingerprint density at radius 3 is 2.45 bits per heavy atom. The van der Waals surface area contributed by atoms with Crippen LogP contribution in [0.5, 0.6) is 0 Å². The van der Waals surface area contributed by atoms with Gasteiger partial charge in [-0.15, -0.1) is 0 Å². The number of hydrogen-bond donors (Lipinski definition) is 1. The standard InChI is InChI=1S/C12H20N2O5S/c1-8(15)10(9(2)16)13-7-12(11(13)17)5-4-6-14(12)20(3,18)19/h8,10,15H,4-7H2,1-3H3/t8-,10?,12-/m1/s1. The summed E-state index contributed by atoms with van der Waals surface area (Å²) in [5.74, 6) is -0.673. The summed E-state index contributed by atoms with van der Waals surface area (Å²) in [6, 6.07) is -0.893. The van der Waals surface area contributed by atoms with Crippen molar-refractivity contribution in [3.8, 4) is 0 Å². The van der Waals surface area contributed by atoms with Gasteiger partial charge in [-0.1, -0.05) is 0 Å². The summed E-state index contributed by atoms with van der Waals surface area (Å²) in [4.78, 5) is 25.3. The van der Waals surface area contributed by atoms with Gasteiger partial charge in [0, 0.05) is 6.54 Å². The summed E-state index contributed by atoms with van der Waals surface area (Å²) in [5.41, 5.74) is -1.03. The SMILES string of the molecule is CC(=O)C([C@@H](C)O)N1C[C@]2(CCCN2S(C)(=O)=O)C1=O. The number of nitrogens with zero attached hydrogens (tertiary/aromatic N) is 2. The summed E-state index contributed by atoms with van der Waals surface area (Å²) < 4.78 is 24.8. The number of hydrogen-bond acceptors (Lipinski definition) is 5. The Morgan fingerprint density at radius 1 is 1.45 bits per heavy atom. The van der Waals surface area contributed by atoms with Crippen molar-refractivity contribution in [2.75, 3.05) is 19.3 Å². The minimum atomic E-state index is -3.46. The Labute approximate surface area is 118 Å². The first-order chi connectivity index (χ1) is 9.11. The predicted octanol–water partition coefficient (Wildman–Crippen LogP) is -1.04. The van der Waals surface area contributed by atoms with Crippen molar-refractivity contribution in [3.05, 3.63) is 0 Å². The molecule has 2 fully saturated rings. The second kappa shape index (κ2) is 4.78. The number of rotatable bonds is 4. The zero-order chi connectivity index (χ0) is 15.3. The van der Waals surface area contributed by atoms with Gasteiger partial charge in [0.2, 0.25) is 15.9 Å². The number of Topliss-reactive ketones (excluding diaryl/α,β-unsaturated/α-hetero) is 1. The van der Waals surface area contributed by atoms with Crippen molar-refractivity contribution in [3.63, 3.8) is 0 Å². The molecule has 2 aliphatic heterocycles. The van der Waals surface area contributed by atoms with Crippen molar-refractivity contribution in [1.29, 1.82) is 0 Å². The van der Waals surface area contributed by atoms with Crippen molar-refractivity contribution >= 4 is 21.7 Å². The van der Waals surface area contributed by atoms with Crippen LogP contribution in [0.3, 0.4) is 0 Å². The van der Waals surface area contributed by atoms with Gasteiger partial charge in [0.1, 0.15) is 11.6 Å². The molecular formula is C12H20N2O5S. The first-order valence-electron chi connectivity index (χ1n) is 6.58. The molecule has 1 amide bonds. The average molecular weight is 304 g/mol. The van der Waals surface area contributed by atoms with Crippen molar-refractivity contribution in [1.82, 2.24) is 9.21 Å². The lowest BCUT2D eigenvalue weighted by atomic mass is 9.84. The van der Waals surface area contributed by atoms with E-state index in [1.54, 1.807) is 0 Å². The highest BCUT2D eigenvalue weighted by atomic mass is 32.2. The second-order valence-electron chi connectivity index (χ2n) is 5.70. The van der Waals surface area contributed by atoms with Gasteiger partial charge in [0.05, 0.1) is 18.9 Å². The van der Waals surface area contributed by atoms with Crippen LogP contribution in [0.25, 0.3) is 0 Å². The molecule has 2 heterocycles. The number of β-lactam (4-membered cyclic amide) rings is 1. The normalized spacial score (nSPS) is 30.4. The maximum atomic E-state index is 12.4. The third-order valence-electron chi connectivity index (χ3n) is 4.13. The molecule has 0 aromatic rings. The van der Waals surface area contributed by atoms with E-state index in [2.05, 4.69) is 0 Å². The minimum absolute atomic E-state index is 0.175. The summed E-state index contributed by atoms with van der Waals surface area (Å²) in [5, 5.41) is 9.65. The lowest BCUT2D eigenvalue weighted by Crippen LogP contribution is -2.76. The van der Waals surface area contributed by atoms with E-state index in [9.17, 15) is 23.1 Å². The smallest absolute Gasteiger partial charge is 0.246 e. The molecule has 2 saturated heterocycles. The van der Waals surface area contributed by atoms with E-state index in [1.165, 1.54) is 23.1 Å². The zero-order valence-corrected chi connectivity index (χ0v) is 12.7. The maximum absolute atomic E-state index is 12.4. The molecule has 1 unspecified atom stereocenters. The Balaban J connectivity index is 2.25. The Kier molecular flexibility index (Phi) is 3.68. The van der Waals surface area contributed by atoms with E-state index in [4.69, 9.17) is 0 Å². The van der Waals surface area contributed by atoms with Gasteiger partial charge in [0.15, 0.2) is 5.78 Å². The highest BCUT2D eigenvalue weighted by molar-refractivity contribution is 7.88. The lowest BCUT2D eigenvalue weighted by molar-refractivity contribution is -0.167. The molecule has 0 bridgehead atoms. The lowest BCUT2D eigenvalue weighted by Gasteiger charge is -2.53. The molecule has 20 heavy (non-hydrogen) atoms. The molecule has 1 N–H and O–H groups in total. The molecule has 0 aliphatic carbocycles. The predicted molar refractivity (Wildman–Crippen MR) is 71.4 cm³/mol. The van der Waals surface area contributed by atoms with Crippen LogP contribution in [0, 0.1) is 0 Å². The van der Waals surface area contributed by atoms with Crippen molar-refractivity contribution in [2.24, 2.45) is 0 Å². The first kappa shape index (κ1) is 15.4. The second-order valence-corrected chi connectivity index (χ2v) is 7.61. The Bertz CT molecular complexity index is 544. The summed E-state index contributed by atoms with van der Waals surface area (Å²) in [7, 11) is -3.46. The van der Waals surface area contributed by atoms with E-state index in [1.807, 2.05) is 0 Å². The maximum Gasteiger partial charge on any atom is 0.246 e. The van der Waals surface area contributed by atoms with Crippen molar-refractivity contribution in [2.45, 2.75) is 44.4 Å². The number of aliphatic hydroxyl groups excluding tert-OH is 1. The summed E-state index contributed by atoms with van der Waals surface area (Å²) in [6.45, 7) is 3.28. The molecule has 3 atom stereocenters. The molecular weight excluding hydrogens is 284 g/mol. The van der Waals surface area contributed by atoms with E-state index in [-0.39, 0.29) is 18.2 Å². The number of sulfonamides is 1. The molecule has 8 heteroatoms. The number of likely N-dealkylation sites (tertiary alicyclic amines) is 1. The molecule has 1 spiro atoms. The van der Waals surface area contributed by atoms with Gasteiger partial charge in [-0.25, -0.2) is 8.42 Å². The van der Waals surface area contributed by atoms with E-state index in [0.717, 1.165) is 6.26 Å².